The van der Waals surface area contributed by atoms with Crippen molar-refractivity contribution in [3.8, 4) is 16.9 Å². The number of rotatable bonds is 3. The van der Waals surface area contributed by atoms with Crippen LogP contribution in [0.5, 0.6) is 0 Å². The fourth-order valence-corrected chi connectivity index (χ4v) is 3.87. The van der Waals surface area contributed by atoms with Gasteiger partial charge in [0, 0.05) is 48.6 Å². The molecule has 29 heavy (non-hydrogen) atoms. The van der Waals surface area contributed by atoms with Crippen LogP contribution < -0.4 is 10.5 Å². The van der Waals surface area contributed by atoms with Gasteiger partial charge in [0.1, 0.15) is 0 Å². The third-order valence-electron chi connectivity index (χ3n) is 5.37. The van der Waals surface area contributed by atoms with Crippen molar-refractivity contribution < 1.29 is 4.74 Å². The van der Waals surface area contributed by atoms with Crippen LogP contribution in [0.1, 0.15) is 6.92 Å². The summed E-state index contributed by atoms with van der Waals surface area (Å²) in [5.41, 5.74) is 3.31. The molecule has 8 heteroatoms. The van der Waals surface area contributed by atoms with Crippen LogP contribution in [0, 0.1) is 0 Å². The molecule has 1 aromatic carbocycles. The number of aromatic nitrogens is 5. The van der Waals surface area contributed by atoms with E-state index in [4.69, 9.17) is 9.72 Å². The minimum atomic E-state index is -0.156. The molecular formula is C21H22N6O2. The lowest BCUT2D eigenvalue weighted by Gasteiger charge is -2.34. The fraction of sp³-hybridized carbons (Fsp3) is 0.286. The van der Waals surface area contributed by atoms with Gasteiger partial charge in [-0.05, 0) is 19.1 Å². The fourth-order valence-electron chi connectivity index (χ4n) is 3.87. The van der Waals surface area contributed by atoms with Crippen molar-refractivity contribution >= 4 is 16.7 Å². The molecule has 0 saturated carbocycles. The molecule has 1 atom stereocenters. The quantitative estimate of drug-likeness (QED) is 0.581. The maximum Gasteiger partial charge on any atom is 0.298 e. The van der Waals surface area contributed by atoms with E-state index < -0.39 is 0 Å². The van der Waals surface area contributed by atoms with Crippen LogP contribution >= 0.6 is 0 Å². The summed E-state index contributed by atoms with van der Waals surface area (Å²) in [6, 6.07) is 8.16. The minimum Gasteiger partial charge on any atom is -0.377 e. The zero-order chi connectivity index (χ0) is 20.0. The number of H-pyrrole nitrogens is 1. The Morgan fingerprint density at radius 2 is 2.14 bits per heavy atom. The summed E-state index contributed by atoms with van der Waals surface area (Å²) >= 11 is 0. The van der Waals surface area contributed by atoms with Crippen LogP contribution in [0.2, 0.25) is 0 Å². The van der Waals surface area contributed by atoms with Gasteiger partial charge < -0.3 is 14.6 Å². The third-order valence-corrected chi connectivity index (χ3v) is 5.37. The van der Waals surface area contributed by atoms with Crippen LogP contribution in [0.4, 0.5) is 5.82 Å². The molecule has 8 nitrogen and oxygen atoms in total. The largest absolute Gasteiger partial charge is 0.377 e. The van der Waals surface area contributed by atoms with Gasteiger partial charge in [0.15, 0.2) is 5.82 Å². The van der Waals surface area contributed by atoms with Crippen molar-refractivity contribution in [1.82, 2.24) is 24.3 Å². The Hall–Kier alpha value is -3.39. The maximum absolute atomic E-state index is 13.4. The second kappa shape index (κ2) is 6.89. The normalized spacial score (nSPS) is 17.2. The predicted molar refractivity (Wildman–Crippen MR) is 112 cm³/mol. The molecule has 4 aromatic rings. The van der Waals surface area contributed by atoms with E-state index in [0.717, 1.165) is 22.2 Å². The summed E-state index contributed by atoms with van der Waals surface area (Å²) in [6.07, 6.45) is 7.23. The zero-order valence-electron chi connectivity index (χ0n) is 16.4. The van der Waals surface area contributed by atoms with Gasteiger partial charge in [0.25, 0.3) is 5.56 Å². The van der Waals surface area contributed by atoms with Crippen molar-refractivity contribution in [2.45, 2.75) is 13.0 Å². The van der Waals surface area contributed by atoms with E-state index in [0.29, 0.717) is 31.3 Å². The van der Waals surface area contributed by atoms with Crippen molar-refractivity contribution in [1.29, 1.82) is 0 Å². The van der Waals surface area contributed by atoms with Gasteiger partial charge in [-0.3, -0.25) is 14.0 Å². The predicted octanol–water partition coefficient (Wildman–Crippen LogP) is 2.34. The Morgan fingerprint density at radius 3 is 2.93 bits per heavy atom. The lowest BCUT2D eigenvalue weighted by atomic mass is 10.1. The average Bonchev–Trinajstić information content (AvgIpc) is 3.37. The second-order valence-corrected chi connectivity index (χ2v) is 7.36. The highest BCUT2D eigenvalue weighted by Crippen LogP contribution is 2.28. The van der Waals surface area contributed by atoms with Crippen LogP contribution in [0.25, 0.3) is 27.8 Å². The number of benzene rings is 1. The molecule has 1 aliphatic heterocycles. The first-order chi connectivity index (χ1) is 14.1. The molecule has 5 rings (SSSR count). The smallest absolute Gasteiger partial charge is 0.298 e. The Morgan fingerprint density at radius 1 is 1.24 bits per heavy atom. The molecule has 0 spiro atoms. The van der Waals surface area contributed by atoms with Crippen molar-refractivity contribution in [3.63, 3.8) is 0 Å². The number of aryl methyl sites for hydroxylation is 1. The summed E-state index contributed by atoms with van der Waals surface area (Å²) in [5.74, 6) is 0.440. The molecule has 0 aliphatic carbocycles. The van der Waals surface area contributed by atoms with E-state index in [1.807, 2.05) is 55.5 Å². The van der Waals surface area contributed by atoms with Gasteiger partial charge >= 0.3 is 0 Å². The number of nitrogens with one attached hydrogen (secondary N) is 1. The molecule has 1 aliphatic rings. The first-order valence-electron chi connectivity index (χ1n) is 9.65. The highest BCUT2D eigenvalue weighted by atomic mass is 16.5. The first-order valence-corrected chi connectivity index (χ1v) is 9.65. The second-order valence-electron chi connectivity index (χ2n) is 7.36. The van der Waals surface area contributed by atoms with Crippen molar-refractivity contribution in [2.75, 3.05) is 24.7 Å². The number of ether oxygens (including phenoxy) is 1. The van der Waals surface area contributed by atoms with Crippen molar-refractivity contribution in [3.05, 3.63) is 59.4 Å². The molecule has 148 valence electrons. The molecule has 1 saturated heterocycles. The number of hydrogen-bond donors (Lipinski definition) is 1. The molecule has 0 amide bonds. The summed E-state index contributed by atoms with van der Waals surface area (Å²) in [4.78, 5) is 23.5. The number of morpholine rings is 1. The number of anilines is 1. The van der Waals surface area contributed by atoms with E-state index >= 15 is 0 Å². The van der Waals surface area contributed by atoms with Gasteiger partial charge in [-0.15, -0.1) is 0 Å². The van der Waals surface area contributed by atoms with E-state index in [1.54, 1.807) is 21.6 Å². The Balaban J connectivity index is 1.76. The van der Waals surface area contributed by atoms with Crippen molar-refractivity contribution in [2.24, 2.45) is 7.05 Å². The molecule has 0 unspecified atom stereocenters. The third kappa shape index (κ3) is 3.01. The Kier molecular flexibility index (Phi) is 4.21. The van der Waals surface area contributed by atoms with Gasteiger partial charge in [-0.2, -0.15) is 5.10 Å². The maximum atomic E-state index is 13.4. The van der Waals surface area contributed by atoms with Crippen LogP contribution in [-0.2, 0) is 11.8 Å². The van der Waals surface area contributed by atoms with E-state index in [-0.39, 0.29) is 11.6 Å². The number of hydrogen-bond acceptors (Lipinski definition) is 5. The highest BCUT2D eigenvalue weighted by Gasteiger charge is 2.25. The first kappa shape index (κ1) is 17.7. The summed E-state index contributed by atoms with van der Waals surface area (Å²) in [5, 5.41) is 5.30. The molecule has 0 radical (unpaired) electrons. The molecule has 1 N–H and O–H groups in total. The molecule has 1 fully saturated rings. The van der Waals surface area contributed by atoms with Gasteiger partial charge in [-0.25, -0.2) is 4.98 Å². The van der Waals surface area contributed by atoms with E-state index in [2.05, 4.69) is 10.1 Å². The molecule has 0 bridgehead atoms. The molecule has 3 aromatic heterocycles. The minimum absolute atomic E-state index is 0.0737. The van der Waals surface area contributed by atoms with E-state index in [9.17, 15) is 4.79 Å². The average molecular weight is 390 g/mol. The molecule has 4 heterocycles. The lowest BCUT2D eigenvalue weighted by Crippen LogP contribution is -2.47. The summed E-state index contributed by atoms with van der Waals surface area (Å²) in [6.45, 7) is 3.84. The highest BCUT2D eigenvalue weighted by molar-refractivity contribution is 5.94. The molecular weight excluding hydrogens is 368 g/mol. The van der Waals surface area contributed by atoms with Gasteiger partial charge in [-0.1, -0.05) is 12.1 Å². The Labute approximate surface area is 167 Å². The topological polar surface area (TPSA) is 81.0 Å². The SMILES string of the molecule is C[C@@H]1COCCN1c1nc(-c2cccc3[nH]ccc23)cn(-c2cnn(C)c2)c1=O. The van der Waals surface area contributed by atoms with Crippen LogP contribution in [0.15, 0.2) is 53.8 Å². The van der Waals surface area contributed by atoms with Gasteiger partial charge in [0.2, 0.25) is 0 Å². The summed E-state index contributed by atoms with van der Waals surface area (Å²) in [7, 11) is 1.84. The van der Waals surface area contributed by atoms with Crippen LogP contribution in [-0.4, -0.2) is 50.1 Å². The van der Waals surface area contributed by atoms with Gasteiger partial charge in [0.05, 0.1) is 36.8 Å². The van der Waals surface area contributed by atoms with E-state index in [1.165, 1.54) is 0 Å². The standard InChI is InChI=1S/C21H22N6O2/c1-14-13-29-9-8-26(14)20-21(28)27(15-10-23-25(2)11-15)12-19(24-20)16-4-3-5-18-17(16)6-7-22-18/h3-7,10-12,14,22H,8-9,13H2,1-2H3/t14-/m1/s1. The number of fused-ring (bicyclic) bond motifs is 1. The zero-order valence-corrected chi connectivity index (χ0v) is 16.4. The lowest BCUT2D eigenvalue weighted by molar-refractivity contribution is 0.0984. The van der Waals surface area contributed by atoms with Crippen LogP contribution in [0.3, 0.4) is 0 Å². The number of nitrogens with zero attached hydrogens (tertiary/aromatic N) is 5. The number of aromatic amines is 1. The summed E-state index contributed by atoms with van der Waals surface area (Å²) < 4.78 is 8.88. The monoisotopic (exact) mass is 390 g/mol. The Bertz CT molecular complexity index is 1240.